The molecule has 4 nitrogen and oxygen atoms in total. The summed E-state index contributed by atoms with van der Waals surface area (Å²) in [6.45, 7) is 0. The van der Waals surface area contributed by atoms with Gasteiger partial charge in [0.1, 0.15) is 11.3 Å². The zero-order chi connectivity index (χ0) is 10.8. The molecular weight excluding hydrogens is 194 g/mol. The fourth-order valence-corrected chi connectivity index (χ4v) is 1.24. The quantitative estimate of drug-likeness (QED) is 0.718. The molecule has 0 aliphatic heterocycles. The molecule has 1 heterocycles. The van der Waals surface area contributed by atoms with Crippen molar-refractivity contribution in [3.05, 3.63) is 30.5 Å². The average Bonchev–Trinajstić information content (AvgIpc) is 2.66. The highest BCUT2D eigenvalue weighted by molar-refractivity contribution is 5.86. The number of amides is 1. The van der Waals surface area contributed by atoms with E-state index >= 15 is 0 Å². The highest BCUT2D eigenvalue weighted by Gasteiger charge is 2.10. The van der Waals surface area contributed by atoms with Crippen molar-refractivity contribution in [2.24, 2.45) is 0 Å². The number of furan rings is 1. The third-order valence-corrected chi connectivity index (χ3v) is 2.02. The van der Waals surface area contributed by atoms with E-state index in [4.69, 9.17) is 9.15 Å². The van der Waals surface area contributed by atoms with Crippen LogP contribution in [0.3, 0.4) is 0 Å². The van der Waals surface area contributed by atoms with Gasteiger partial charge < -0.3 is 14.1 Å². The van der Waals surface area contributed by atoms with Gasteiger partial charge in [-0.2, -0.15) is 0 Å². The van der Waals surface area contributed by atoms with E-state index in [-0.39, 0.29) is 0 Å². The Balaban J connectivity index is 2.35. The normalized spacial score (nSPS) is 10.3. The zero-order valence-corrected chi connectivity index (χ0v) is 8.56. The average molecular weight is 205 g/mol. The molecule has 0 saturated heterocycles. The number of rotatable bonds is 1. The van der Waals surface area contributed by atoms with Gasteiger partial charge >= 0.3 is 6.09 Å². The summed E-state index contributed by atoms with van der Waals surface area (Å²) in [7, 11) is 3.27. The minimum atomic E-state index is -0.399. The highest BCUT2D eigenvalue weighted by atomic mass is 16.6. The number of carbonyl (C=O) groups is 1. The van der Waals surface area contributed by atoms with Crippen LogP contribution in [-0.4, -0.2) is 25.1 Å². The molecule has 0 fully saturated rings. The van der Waals surface area contributed by atoms with Crippen LogP contribution < -0.4 is 4.74 Å². The predicted octanol–water partition coefficient (Wildman–Crippen LogP) is 2.49. The predicted molar refractivity (Wildman–Crippen MR) is 55.9 cm³/mol. The maximum Gasteiger partial charge on any atom is 0.414 e. The first-order valence-corrected chi connectivity index (χ1v) is 4.54. The van der Waals surface area contributed by atoms with Crippen LogP contribution in [0.4, 0.5) is 4.79 Å². The van der Waals surface area contributed by atoms with E-state index in [2.05, 4.69) is 0 Å². The van der Waals surface area contributed by atoms with E-state index < -0.39 is 6.09 Å². The molecule has 0 N–H and O–H groups in total. The molecule has 0 radical (unpaired) electrons. The lowest BCUT2D eigenvalue weighted by atomic mass is 10.2. The molecule has 0 aliphatic rings. The Morgan fingerprint density at radius 2 is 2.13 bits per heavy atom. The van der Waals surface area contributed by atoms with E-state index in [1.165, 1.54) is 4.90 Å². The van der Waals surface area contributed by atoms with Gasteiger partial charge in [0.15, 0.2) is 0 Å². The number of hydrogen-bond acceptors (Lipinski definition) is 3. The van der Waals surface area contributed by atoms with Gasteiger partial charge in [-0.25, -0.2) is 4.79 Å². The molecule has 0 saturated carbocycles. The van der Waals surface area contributed by atoms with Crippen molar-refractivity contribution < 1.29 is 13.9 Å². The lowest BCUT2D eigenvalue weighted by Gasteiger charge is -2.10. The van der Waals surface area contributed by atoms with Crippen LogP contribution in [0.5, 0.6) is 5.75 Å². The van der Waals surface area contributed by atoms with Crippen molar-refractivity contribution >= 4 is 17.1 Å². The van der Waals surface area contributed by atoms with E-state index in [1.807, 2.05) is 6.07 Å². The second kappa shape index (κ2) is 3.65. The van der Waals surface area contributed by atoms with Gasteiger partial charge in [-0.05, 0) is 18.2 Å². The molecule has 2 aromatic rings. The van der Waals surface area contributed by atoms with Crippen LogP contribution >= 0.6 is 0 Å². The first kappa shape index (κ1) is 9.58. The van der Waals surface area contributed by atoms with Gasteiger partial charge in [-0.3, -0.25) is 0 Å². The maximum absolute atomic E-state index is 11.4. The number of nitrogens with zero attached hydrogens (tertiary/aromatic N) is 1. The van der Waals surface area contributed by atoms with Gasteiger partial charge in [0, 0.05) is 14.1 Å². The molecular formula is C11H11NO3. The van der Waals surface area contributed by atoms with Crippen LogP contribution in [0.1, 0.15) is 0 Å². The Morgan fingerprint density at radius 3 is 2.87 bits per heavy atom. The third-order valence-electron chi connectivity index (χ3n) is 2.02. The summed E-state index contributed by atoms with van der Waals surface area (Å²) in [6.07, 6.45) is 1.17. The van der Waals surface area contributed by atoms with Crippen molar-refractivity contribution in [3.63, 3.8) is 0 Å². The van der Waals surface area contributed by atoms with Crippen LogP contribution in [-0.2, 0) is 0 Å². The minimum Gasteiger partial charge on any atom is -0.464 e. The van der Waals surface area contributed by atoms with Crippen molar-refractivity contribution in [1.82, 2.24) is 4.90 Å². The topological polar surface area (TPSA) is 42.7 Å². The largest absolute Gasteiger partial charge is 0.464 e. The van der Waals surface area contributed by atoms with E-state index in [9.17, 15) is 4.79 Å². The molecule has 2 rings (SSSR count). The number of benzene rings is 1. The molecule has 1 aromatic heterocycles. The molecule has 1 aromatic carbocycles. The zero-order valence-electron chi connectivity index (χ0n) is 8.56. The van der Waals surface area contributed by atoms with Gasteiger partial charge in [0.2, 0.25) is 0 Å². The number of hydrogen-bond donors (Lipinski definition) is 0. The first-order valence-electron chi connectivity index (χ1n) is 4.54. The van der Waals surface area contributed by atoms with Gasteiger partial charge in [0.05, 0.1) is 11.6 Å². The van der Waals surface area contributed by atoms with Crippen molar-refractivity contribution in [1.29, 1.82) is 0 Å². The first-order chi connectivity index (χ1) is 7.18. The summed E-state index contributed by atoms with van der Waals surface area (Å²) in [5.41, 5.74) is 0.707. The SMILES string of the molecule is CN(C)C(=O)Oc1cccc2occc12. The molecule has 0 unspecified atom stereocenters. The summed E-state index contributed by atoms with van der Waals surface area (Å²) >= 11 is 0. The number of carbonyl (C=O) groups excluding carboxylic acids is 1. The Bertz CT molecular complexity index is 487. The van der Waals surface area contributed by atoms with Crippen molar-refractivity contribution in [2.45, 2.75) is 0 Å². The molecule has 78 valence electrons. The fourth-order valence-electron chi connectivity index (χ4n) is 1.24. The van der Waals surface area contributed by atoms with Crippen LogP contribution in [0, 0.1) is 0 Å². The summed E-state index contributed by atoms with van der Waals surface area (Å²) in [5, 5.41) is 0.799. The van der Waals surface area contributed by atoms with Crippen LogP contribution in [0.15, 0.2) is 34.9 Å². The second-order valence-electron chi connectivity index (χ2n) is 3.35. The Hall–Kier alpha value is -1.97. The molecule has 0 spiro atoms. The lowest BCUT2D eigenvalue weighted by Crippen LogP contribution is -2.25. The summed E-state index contributed by atoms with van der Waals surface area (Å²) in [6, 6.07) is 7.11. The van der Waals surface area contributed by atoms with Crippen molar-refractivity contribution in [2.75, 3.05) is 14.1 Å². The van der Waals surface area contributed by atoms with E-state index in [0.717, 1.165) is 5.39 Å². The van der Waals surface area contributed by atoms with Gasteiger partial charge in [-0.15, -0.1) is 0 Å². The highest BCUT2D eigenvalue weighted by Crippen LogP contribution is 2.26. The molecule has 0 aliphatic carbocycles. The van der Waals surface area contributed by atoms with Gasteiger partial charge in [-0.1, -0.05) is 6.07 Å². The van der Waals surface area contributed by atoms with Crippen molar-refractivity contribution in [3.8, 4) is 5.75 Å². The van der Waals surface area contributed by atoms with Gasteiger partial charge in [0.25, 0.3) is 0 Å². The summed E-state index contributed by atoms with van der Waals surface area (Å²) in [4.78, 5) is 12.7. The van der Waals surface area contributed by atoms with Crippen LogP contribution in [0.25, 0.3) is 11.0 Å². The molecule has 0 atom stereocenters. The Morgan fingerprint density at radius 1 is 1.33 bits per heavy atom. The molecule has 4 heteroatoms. The second-order valence-corrected chi connectivity index (χ2v) is 3.35. The van der Waals surface area contributed by atoms with Crippen LogP contribution in [0.2, 0.25) is 0 Å². The summed E-state index contributed by atoms with van der Waals surface area (Å²) < 4.78 is 10.4. The maximum atomic E-state index is 11.4. The molecule has 15 heavy (non-hydrogen) atoms. The Labute approximate surface area is 87.0 Å². The standard InChI is InChI=1S/C11H11NO3/c1-12(2)11(13)15-10-5-3-4-9-8(10)6-7-14-9/h3-7H,1-2H3. The molecule has 0 bridgehead atoms. The molecule has 1 amide bonds. The fraction of sp³-hybridized carbons (Fsp3) is 0.182. The number of ether oxygens (including phenoxy) is 1. The lowest BCUT2D eigenvalue weighted by molar-refractivity contribution is 0.172. The van der Waals surface area contributed by atoms with E-state index in [0.29, 0.717) is 11.3 Å². The Kier molecular flexibility index (Phi) is 2.33. The number of fused-ring (bicyclic) bond motifs is 1. The monoisotopic (exact) mass is 205 g/mol. The third kappa shape index (κ3) is 1.79. The minimum absolute atomic E-state index is 0.399. The smallest absolute Gasteiger partial charge is 0.414 e. The summed E-state index contributed by atoms with van der Waals surface area (Å²) in [5.74, 6) is 0.514. The van der Waals surface area contributed by atoms with E-state index in [1.54, 1.807) is 38.6 Å².